The predicted molar refractivity (Wildman–Crippen MR) is 84.6 cm³/mol. The number of hydrogen-bond donors (Lipinski definition) is 1. The largest absolute Gasteiger partial charge is 0.389 e. The normalized spacial score (nSPS) is 25.1. The van der Waals surface area contributed by atoms with E-state index in [1.807, 2.05) is 12.1 Å². The van der Waals surface area contributed by atoms with Crippen LogP contribution in [0.4, 0.5) is 5.69 Å². The standard InChI is InChI=1S/C16H24BrNO/c1-11-5-4-6-14(9-11)18(3)16-8-7-13(12(2)19)10-15(16)17/h7-8,10-12,14,19H,4-6,9H2,1-3H3/t11?,12-,14?/m1/s1. The van der Waals surface area contributed by atoms with E-state index in [-0.39, 0.29) is 0 Å². The van der Waals surface area contributed by atoms with E-state index in [2.05, 4.69) is 40.9 Å². The highest BCUT2D eigenvalue weighted by molar-refractivity contribution is 9.10. The lowest BCUT2D eigenvalue weighted by molar-refractivity contribution is 0.199. The molecule has 3 atom stereocenters. The Balaban J connectivity index is 2.16. The second-order valence-corrected chi connectivity index (χ2v) is 6.78. The quantitative estimate of drug-likeness (QED) is 0.883. The number of nitrogens with zero attached hydrogens (tertiary/aromatic N) is 1. The number of anilines is 1. The lowest BCUT2D eigenvalue weighted by Crippen LogP contribution is -2.35. The summed E-state index contributed by atoms with van der Waals surface area (Å²) in [7, 11) is 2.19. The Morgan fingerprint density at radius 2 is 2.11 bits per heavy atom. The summed E-state index contributed by atoms with van der Waals surface area (Å²) in [6.45, 7) is 4.15. The highest BCUT2D eigenvalue weighted by Gasteiger charge is 2.23. The molecule has 1 aliphatic rings. The Kier molecular flexibility index (Phi) is 4.91. The number of benzene rings is 1. The first-order valence-corrected chi connectivity index (χ1v) is 7.98. The molecule has 0 aliphatic heterocycles. The van der Waals surface area contributed by atoms with Crippen molar-refractivity contribution in [3.63, 3.8) is 0 Å². The molecule has 1 aliphatic carbocycles. The van der Waals surface area contributed by atoms with Crippen molar-refractivity contribution in [3.05, 3.63) is 28.2 Å². The molecule has 1 aromatic rings. The number of rotatable bonds is 3. The molecular formula is C16H24BrNO. The maximum Gasteiger partial charge on any atom is 0.0762 e. The molecule has 0 radical (unpaired) electrons. The van der Waals surface area contributed by atoms with Gasteiger partial charge < -0.3 is 10.0 Å². The number of halogens is 1. The molecule has 0 spiro atoms. The Labute approximate surface area is 124 Å². The van der Waals surface area contributed by atoms with Gasteiger partial charge in [-0.05, 0) is 59.3 Å². The lowest BCUT2D eigenvalue weighted by Gasteiger charge is -2.36. The maximum atomic E-state index is 9.63. The van der Waals surface area contributed by atoms with Crippen LogP contribution in [-0.2, 0) is 0 Å². The smallest absolute Gasteiger partial charge is 0.0762 e. The van der Waals surface area contributed by atoms with E-state index in [4.69, 9.17) is 0 Å². The van der Waals surface area contributed by atoms with Gasteiger partial charge in [0.25, 0.3) is 0 Å². The van der Waals surface area contributed by atoms with Crippen LogP contribution in [0.3, 0.4) is 0 Å². The summed E-state index contributed by atoms with van der Waals surface area (Å²) in [5.41, 5.74) is 2.18. The molecule has 2 nitrogen and oxygen atoms in total. The monoisotopic (exact) mass is 325 g/mol. The Morgan fingerprint density at radius 3 is 2.68 bits per heavy atom. The average Bonchev–Trinajstić information content (AvgIpc) is 2.37. The van der Waals surface area contributed by atoms with Crippen molar-refractivity contribution in [2.24, 2.45) is 5.92 Å². The van der Waals surface area contributed by atoms with Gasteiger partial charge >= 0.3 is 0 Å². The van der Waals surface area contributed by atoms with Gasteiger partial charge in [-0.2, -0.15) is 0 Å². The van der Waals surface area contributed by atoms with Gasteiger partial charge in [0, 0.05) is 17.6 Å². The fourth-order valence-electron chi connectivity index (χ4n) is 3.02. The number of aliphatic hydroxyl groups excluding tert-OH is 1. The average molecular weight is 326 g/mol. The summed E-state index contributed by atoms with van der Waals surface area (Å²) in [5.74, 6) is 0.830. The molecule has 0 heterocycles. The SMILES string of the molecule is CC1CCCC(N(C)c2ccc([C@@H](C)O)cc2Br)C1. The van der Waals surface area contributed by atoms with Crippen LogP contribution in [0.5, 0.6) is 0 Å². The molecular weight excluding hydrogens is 302 g/mol. The van der Waals surface area contributed by atoms with E-state index in [0.29, 0.717) is 6.04 Å². The summed E-state index contributed by atoms with van der Waals surface area (Å²) in [5, 5.41) is 9.63. The first-order chi connectivity index (χ1) is 8.99. The van der Waals surface area contributed by atoms with Crippen molar-refractivity contribution in [2.45, 2.75) is 51.7 Å². The van der Waals surface area contributed by atoms with Crippen molar-refractivity contribution in [1.29, 1.82) is 0 Å². The second kappa shape index (κ2) is 6.27. The zero-order valence-electron chi connectivity index (χ0n) is 12.1. The van der Waals surface area contributed by atoms with E-state index < -0.39 is 6.10 Å². The highest BCUT2D eigenvalue weighted by Crippen LogP contribution is 2.34. The number of hydrogen-bond acceptors (Lipinski definition) is 2. The summed E-state index contributed by atoms with van der Waals surface area (Å²) in [4.78, 5) is 2.39. The van der Waals surface area contributed by atoms with Gasteiger partial charge in [-0.3, -0.25) is 0 Å². The first-order valence-electron chi connectivity index (χ1n) is 7.19. The number of aliphatic hydroxyl groups is 1. The molecule has 0 amide bonds. The van der Waals surface area contributed by atoms with Crippen LogP contribution in [0.1, 0.15) is 51.2 Å². The Morgan fingerprint density at radius 1 is 1.37 bits per heavy atom. The Hall–Kier alpha value is -0.540. The van der Waals surface area contributed by atoms with Crippen LogP contribution in [0.15, 0.2) is 22.7 Å². The minimum absolute atomic E-state index is 0.412. The molecule has 1 fully saturated rings. The molecule has 3 heteroatoms. The van der Waals surface area contributed by atoms with E-state index in [0.717, 1.165) is 16.0 Å². The van der Waals surface area contributed by atoms with Crippen LogP contribution in [-0.4, -0.2) is 18.2 Å². The van der Waals surface area contributed by atoms with E-state index >= 15 is 0 Å². The fraction of sp³-hybridized carbons (Fsp3) is 0.625. The van der Waals surface area contributed by atoms with E-state index in [9.17, 15) is 5.11 Å². The molecule has 0 saturated heterocycles. The van der Waals surface area contributed by atoms with Gasteiger partial charge in [0.2, 0.25) is 0 Å². The van der Waals surface area contributed by atoms with Crippen molar-refractivity contribution in [2.75, 3.05) is 11.9 Å². The van der Waals surface area contributed by atoms with E-state index in [1.165, 1.54) is 31.4 Å². The summed E-state index contributed by atoms with van der Waals surface area (Å²) < 4.78 is 1.08. The van der Waals surface area contributed by atoms with Crippen LogP contribution in [0.25, 0.3) is 0 Å². The zero-order valence-corrected chi connectivity index (χ0v) is 13.7. The van der Waals surface area contributed by atoms with Gasteiger partial charge in [0.1, 0.15) is 0 Å². The summed E-state index contributed by atoms with van der Waals surface area (Å²) in [6, 6.07) is 6.80. The van der Waals surface area contributed by atoms with Crippen LogP contribution in [0.2, 0.25) is 0 Å². The molecule has 1 saturated carbocycles. The summed E-state index contributed by atoms with van der Waals surface area (Å²) >= 11 is 3.65. The van der Waals surface area contributed by atoms with Crippen molar-refractivity contribution in [3.8, 4) is 0 Å². The zero-order chi connectivity index (χ0) is 14.0. The van der Waals surface area contributed by atoms with Gasteiger partial charge in [-0.25, -0.2) is 0 Å². The molecule has 0 bridgehead atoms. The second-order valence-electron chi connectivity index (χ2n) is 5.92. The molecule has 2 unspecified atom stereocenters. The highest BCUT2D eigenvalue weighted by atomic mass is 79.9. The maximum absolute atomic E-state index is 9.63. The molecule has 1 aromatic carbocycles. The lowest BCUT2D eigenvalue weighted by atomic mass is 9.86. The fourth-order valence-corrected chi connectivity index (χ4v) is 3.70. The summed E-state index contributed by atoms with van der Waals surface area (Å²) in [6.07, 6.45) is 4.85. The van der Waals surface area contributed by atoms with Crippen molar-refractivity contribution >= 4 is 21.6 Å². The third kappa shape index (κ3) is 3.51. The Bertz CT molecular complexity index is 433. The minimum atomic E-state index is -0.412. The first kappa shape index (κ1) is 14.9. The van der Waals surface area contributed by atoms with Crippen LogP contribution >= 0.6 is 15.9 Å². The minimum Gasteiger partial charge on any atom is -0.389 e. The van der Waals surface area contributed by atoms with Gasteiger partial charge in [-0.15, -0.1) is 0 Å². The van der Waals surface area contributed by atoms with Crippen LogP contribution in [0, 0.1) is 5.92 Å². The van der Waals surface area contributed by atoms with Crippen molar-refractivity contribution in [1.82, 2.24) is 0 Å². The molecule has 1 N–H and O–H groups in total. The van der Waals surface area contributed by atoms with Gasteiger partial charge in [0.05, 0.1) is 11.8 Å². The van der Waals surface area contributed by atoms with E-state index in [1.54, 1.807) is 6.92 Å². The van der Waals surface area contributed by atoms with Crippen molar-refractivity contribution < 1.29 is 5.11 Å². The third-order valence-electron chi connectivity index (χ3n) is 4.29. The molecule has 2 rings (SSSR count). The van der Waals surface area contributed by atoms with Gasteiger partial charge in [0.15, 0.2) is 0 Å². The third-order valence-corrected chi connectivity index (χ3v) is 4.93. The van der Waals surface area contributed by atoms with Crippen LogP contribution < -0.4 is 4.90 Å². The molecule has 19 heavy (non-hydrogen) atoms. The topological polar surface area (TPSA) is 23.5 Å². The predicted octanol–water partition coefficient (Wildman–Crippen LogP) is 4.52. The van der Waals surface area contributed by atoms with Gasteiger partial charge in [-0.1, -0.05) is 25.8 Å². The molecule has 106 valence electrons. The molecule has 0 aromatic heterocycles.